The summed E-state index contributed by atoms with van der Waals surface area (Å²) in [5.74, 6) is 0. The summed E-state index contributed by atoms with van der Waals surface area (Å²) in [7, 11) is -7.55. The first-order valence-electron chi connectivity index (χ1n) is 10.6. The molecule has 0 N–H and O–H groups in total. The molecule has 0 heterocycles. The normalized spacial score (nSPS) is 14.1. The Morgan fingerprint density at radius 2 is 1.03 bits per heavy atom. The topological polar surface area (TPSA) is 54.0 Å². The molecule has 0 aliphatic carbocycles. The van der Waals surface area contributed by atoms with Crippen molar-refractivity contribution in [2.75, 3.05) is 0 Å². The van der Waals surface area contributed by atoms with Gasteiger partial charge in [-0.3, -0.25) is 13.6 Å². The van der Waals surface area contributed by atoms with E-state index in [1.807, 2.05) is 36.4 Å². The van der Waals surface area contributed by atoms with Crippen LogP contribution in [-0.2, 0) is 22.8 Å². The second-order valence-electron chi connectivity index (χ2n) is 8.53. The van der Waals surface area contributed by atoms with E-state index in [4.69, 9.17) is 18.3 Å². The van der Waals surface area contributed by atoms with E-state index in [1.54, 1.807) is 0 Å². The van der Waals surface area contributed by atoms with Gasteiger partial charge in [0.15, 0.2) is 0 Å². The van der Waals surface area contributed by atoms with Gasteiger partial charge in [0.2, 0.25) is 0 Å². The summed E-state index contributed by atoms with van der Waals surface area (Å²) in [5, 5.41) is 0. The summed E-state index contributed by atoms with van der Waals surface area (Å²) >= 11 is 0. The van der Waals surface area contributed by atoms with Crippen LogP contribution in [0.25, 0.3) is 0 Å². The molecule has 0 bridgehead atoms. The fourth-order valence-electron chi connectivity index (χ4n) is 4.04. The van der Waals surface area contributed by atoms with E-state index >= 15 is 0 Å². The number of hydrogen-bond acceptors (Lipinski definition) is 5. The van der Waals surface area contributed by atoms with Crippen LogP contribution in [0.2, 0.25) is 26.2 Å². The summed E-state index contributed by atoms with van der Waals surface area (Å²) in [6.07, 6.45) is 1.83. The lowest BCUT2D eigenvalue weighted by atomic mass is 10.1. The minimum absolute atomic E-state index is 0.225. The molecular weight excluding hydrogens is 428 g/mol. The monoisotopic (exact) mass is 462 g/mol. The van der Waals surface area contributed by atoms with Crippen LogP contribution in [-0.4, -0.2) is 25.8 Å². The molecule has 2 rings (SSSR count). The van der Waals surface area contributed by atoms with Crippen molar-refractivity contribution >= 4 is 25.8 Å². The molecule has 5 nitrogen and oxygen atoms in total. The standard InChI is InChI=1S/C22H34O5Si3/c1-7-21(19-15-11-9-12-16-19)29(3,4)26-24-28(23)25-27-30(5,6)22(8-2)20-17-13-10-14-18-20/h9-18,21-22H,7-8H2,1-6H3. The van der Waals surface area contributed by atoms with E-state index in [0.717, 1.165) is 12.8 Å². The maximum atomic E-state index is 12.4. The first kappa shape index (κ1) is 24.7. The predicted octanol–water partition coefficient (Wildman–Crippen LogP) is 6.17. The van der Waals surface area contributed by atoms with E-state index in [1.165, 1.54) is 11.1 Å². The summed E-state index contributed by atoms with van der Waals surface area (Å²) in [6.45, 7) is 12.5. The molecule has 8 heteroatoms. The van der Waals surface area contributed by atoms with Crippen molar-refractivity contribution in [1.82, 2.24) is 0 Å². The van der Waals surface area contributed by atoms with Gasteiger partial charge in [-0.15, -0.1) is 0 Å². The van der Waals surface area contributed by atoms with Crippen LogP contribution in [0.15, 0.2) is 60.7 Å². The second kappa shape index (κ2) is 11.1. The SMILES string of the molecule is CCC(c1ccccc1)[Si](C)(C)OO[Si](=O)OO[Si](C)(C)C(CC)c1ccccc1. The van der Waals surface area contributed by atoms with E-state index in [0.29, 0.717) is 0 Å². The molecule has 0 saturated carbocycles. The predicted molar refractivity (Wildman–Crippen MR) is 125 cm³/mol. The van der Waals surface area contributed by atoms with E-state index in [-0.39, 0.29) is 11.1 Å². The van der Waals surface area contributed by atoms with Crippen molar-refractivity contribution in [3.8, 4) is 0 Å². The summed E-state index contributed by atoms with van der Waals surface area (Å²) < 4.78 is 34.2. The Labute approximate surface area is 184 Å². The maximum absolute atomic E-state index is 12.4. The molecule has 2 atom stereocenters. The van der Waals surface area contributed by atoms with Gasteiger partial charge in [-0.05, 0) is 50.2 Å². The molecule has 0 amide bonds. The van der Waals surface area contributed by atoms with Crippen LogP contribution >= 0.6 is 0 Å². The van der Waals surface area contributed by atoms with Gasteiger partial charge in [0.05, 0.1) is 0 Å². The van der Waals surface area contributed by atoms with Gasteiger partial charge in [-0.2, -0.15) is 0 Å². The fourth-order valence-corrected chi connectivity index (χ4v) is 10.5. The quantitative estimate of drug-likeness (QED) is 0.214. The number of hydrogen-bond donors (Lipinski definition) is 0. The first-order valence-corrected chi connectivity index (χ1v) is 17.8. The Bertz CT molecular complexity index is 718. The third-order valence-electron chi connectivity index (χ3n) is 5.55. The molecule has 0 fully saturated rings. The zero-order valence-corrected chi connectivity index (χ0v) is 21.9. The molecule has 2 unspecified atom stereocenters. The van der Waals surface area contributed by atoms with Gasteiger partial charge >= 0.3 is 9.17 Å². The molecular formula is C22H34O5Si3. The zero-order chi connectivity index (χ0) is 22.2. The Morgan fingerprint density at radius 3 is 1.33 bits per heavy atom. The molecule has 0 radical (unpaired) electrons. The molecule has 30 heavy (non-hydrogen) atoms. The Balaban J connectivity index is 1.93. The molecule has 0 aliphatic rings. The zero-order valence-electron chi connectivity index (χ0n) is 18.9. The minimum Gasteiger partial charge on any atom is -0.339 e. The number of benzene rings is 2. The molecule has 0 spiro atoms. The van der Waals surface area contributed by atoms with E-state index < -0.39 is 25.8 Å². The number of rotatable bonds is 12. The lowest BCUT2D eigenvalue weighted by Gasteiger charge is -2.31. The van der Waals surface area contributed by atoms with Crippen molar-refractivity contribution < 1.29 is 22.8 Å². The van der Waals surface area contributed by atoms with Crippen LogP contribution in [0.1, 0.15) is 48.9 Å². The van der Waals surface area contributed by atoms with Crippen molar-refractivity contribution in [2.45, 2.75) is 64.0 Å². The van der Waals surface area contributed by atoms with Crippen molar-refractivity contribution in [2.24, 2.45) is 0 Å². The first-order chi connectivity index (χ1) is 14.2. The summed E-state index contributed by atoms with van der Waals surface area (Å²) in [5.41, 5.74) is 2.86. The van der Waals surface area contributed by atoms with Crippen LogP contribution < -0.4 is 0 Å². The average Bonchev–Trinajstić information content (AvgIpc) is 2.73. The highest BCUT2D eigenvalue weighted by atomic mass is 28.4. The maximum Gasteiger partial charge on any atom is 0.833 e. The molecule has 2 aromatic carbocycles. The van der Waals surface area contributed by atoms with Gasteiger partial charge < -0.3 is 9.15 Å². The van der Waals surface area contributed by atoms with E-state index in [2.05, 4.69) is 64.3 Å². The highest BCUT2D eigenvalue weighted by Crippen LogP contribution is 2.32. The van der Waals surface area contributed by atoms with Gasteiger partial charge in [-0.25, -0.2) is 0 Å². The van der Waals surface area contributed by atoms with Gasteiger partial charge in [0.1, 0.15) is 0 Å². The summed E-state index contributed by atoms with van der Waals surface area (Å²) in [4.78, 5) is 0. The Hall–Kier alpha value is -1.59. The van der Waals surface area contributed by atoms with Crippen LogP contribution in [0.3, 0.4) is 0 Å². The van der Waals surface area contributed by atoms with Crippen LogP contribution in [0.5, 0.6) is 0 Å². The van der Waals surface area contributed by atoms with Crippen molar-refractivity contribution in [1.29, 1.82) is 0 Å². The molecule has 0 aromatic heterocycles. The third-order valence-corrected chi connectivity index (χ3v) is 12.2. The molecule has 164 valence electrons. The Morgan fingerprint density at radius 1 is 0.700 bits per heavy atom. The van der Waals surface area contributed by atoms with Crippen LogP contribution in [0, 0.1) is 0 Å². The van der Waals surface area contributed by atoms with Gasteiger partial charge in [-0.1, -0.05) is 74.5 Å². The second-order valence-corrected chi connectivity index (χ2v) is 17.5. The highest BCUT2D eigenvalue weighted by Gasteiger charge is 2.40. The highest BCUT2D eigenvalue weighted by molar-refractivity contribution is 6.73. The van der Waals surface area contributed by atoms with Gasteiger partial charge in [0.25, 0.3) is 16.6 Å². The minimum atomic E-state index is -2.93. The van der Waals surface area contributed by atoms with Crippen LogP contribution in [0.4, 0.5) is 0 Å². The molecule has 2 aromatic rings. The largest absolute Gasteiger partial charge is 0.833 e. The van der Waals surface area contributed by atoms with E-state index in [9.17, 15) is 4.46 Å². The van der Waals surface area contributed by atoms with Gasteiger partial charge in [0, 0.05) is 11.1 Å². The molecule has 0 aliphatic heterocycles. The lowest BCUT2D eigenvalue weighted by molar-refractivity contribution is -0.207. The van der Waals surface area contributed by atoms with Crippen molar-refractivity contribution in [3.05, 3.63) is 71.8 Å². The fraction of sp³-hybridized carbons (Fsp3) is 0.455. The van der Waals surface area contributed by atoms with Crippen molar-refractivity contribution in [3.63, 3.8) is 0 Å². The Kier molecular flexibility index (Phi) is 9.17. The summed E-state index contributed by atoms with van der Waals surface area (Å²) in [6, 6.07) is 20.5. The lowest BCUT2D eigenvalue weighted by Crippen LogP contribution is -2.42. The average molecular weight is 463 g/mol. The molecule has 0 saturated heterocycles. The smallest absolute Gasteiger partial charge is 0.339 e. The third kappa shape index (κ3) is 6.71.